The van der Waals surface area contributed by atoms with Crippen LogP contribution >= 0.6 is 11.3 Å². The Morgan fingerprint density at radius 1 is 1.45 bits per heavy atom. The molecule has 0 radical (unpaired) electrons. The highest BCUT2D eigenvalue weighted by atomic mass is 32.1. The third kappa shape index (κ3) is 3.77. The van der Waals surface area contributed by atoms with Crippen LogP contribution in [-0.2, 0) is 11.3 Å². The first-order valence-corrected chi connectivity index (χ1v) is 7.56. The average molecular weight is 298 g/mol. The van der Waals surface area contributed by atoms with Gasteiger partial charge in [0.25, 0.3) is 0 Å². The minimum absolute atomic E-state index is 0.142. The van der Waals surface area contributed by atoms with E-state index in [4.69, 9.17) is 0 Å². The molecule has 0 aliphatic heterocycles. The van der Waals surface area contributed by atoms with Gasteiger partial charge in [-0.05, 0) is 31.4 Å². The zero-order valence-corrected chi connectivity index (χ0v) is 11.9. The molecule has 0 spiro atoms. The molecule has 2 unspecified atom stereocenters. The Morgan fingerprint density at radius 2 is 2.20 bits per heavy atom. The van der Waals surface area contributed by atoms with E-state index in [1.54, 1.807) is 6.07 Å². The lowest BCUT2D eigenvalue weighted by Crippen LogP contribution is -2.34. The fourth-order valence-electron chi connectivity index (χ4n) is 2.72. The van der Waals surface area contributed by atoms with Gasteiger partial charge in [-0.1, -0.05) is 24.2 Å². The van der Waals surface area contributed by atoms with Crippen molar-refractivity contribution in [2.24, 2.45) is 11.8 Å². The maximum Gasteiger partial charge on any atom is 0.324 e. The van der Waals surface area contributed by atoms with Crippen LogP contribution in [0.2, 0.25) is 0 Å². The molecule has 2 atom stereocenters. The minimum atomic E-state index is -0.705. The summed E-state index contributed by atoms with van der Waals surface area (Å²) in [4.78, 5) is 22.3. The van der Waals surface area contributed by atoms with E-state index in [2.05, 4.69) is 5.32 Å². The van der Waals surface area contributed by atoms with E-state index >= 15 is 0 Å². The van der Waals surface area contributed by atoms with Gasteiger partial charge in [0.05, 0.1) is 10.8 Å². The summed E-state index contributed by atoms with van der Waals surface area (Å²) in [6.07, 6.45) is 3.77. The second-order valence-electron chi connectivity index (χ2n) is 5.12. The Balaban J connectivity index is 1.81. The summed E-state index contributed by atoms with van der Waals surface area (Å²) in [6.45, 7) is 1.21. The summed E-state index contributed by atoms with van der Waals surface area (Å²) < 4.78 is 0. The number of nitrogens with zero attached hydrogens (tertiary/aromatic N) is 1. The maximum atomic E-state index is 11.2. The Labute approximate surface area is 121 Å². The highest BCUT2D eigenvalue weighted by Crippen LogP contribution is 2.30. The number of thiophene rings is 1. The third-order valence-electron chi connectivity index (χ3n) is 3.76. The van der Waals surface area contributed by atoms with Gasteiger partial charge in [-0.2, -0.15) is 0 Å². The summed E-state index contributed by atoms with van der Waals surface area (Å²) in [6, 6.07) is 3.24. The summed E-state index contributed by atoms with van der Waals surface area (Å²) in [5, 5.41) is 23.1. The molecule has 1 aromatic heterocycles. The molecule has 110 valence electrons. The van der Waals surface area contributed by atoms with Crippen LogP contribution in [0.5, 0.6) is 0 Å². The van der Waals surface area contributed by atoms with Gasteiger partial charge in [0, 0.05) is 17.5 Å². The van der Waals surface area contributed by atoms with Crippen molar-refractivity contribution in [1.82, 2.24) is 5.32 Å². The molecular formula is C13H18N2O4S. The molecule has 20 heavy (non-hydrogen) atoms. The zero-order valence-electron chi connectivity index (χ0n) is 11.1. The fraction of sp³-hybridized carbons (Fsp3) is 0.615. The zero-order chi connectivity index (χ0) is 14.5. The van der Waals surface area contributed by atoms with Gasteiger partial charge >= 0.3 is 11.0 Å². The molecular weight excluding hydrogens is 280 g/mol. The van der Waals surface area contributed by atoms with E-state index < -0.39 is 10.9 Å². The summed E-state index contributed by atoms with van der Waals surface area (Å²) in [7, 11) is 0. The van der Waals surface area contributed by atoms with Crippen molar-refractivity contribution < 1.29 is 14.8 Å². The number of nitro groups is 1. The Kier molecular flexibility index (Phi) is 5.08. The van der Waals surface area contributed by atoms with Crippen molar-refractivity contribution in [3.8, 4) is 0 Å². The lowest BCUT2D eigenvalue weighted by atomic mass is 9.79. The summed E-state index contributed by atoms with van der Waals surface area (Å²) in [5.41, 5.74) is 0. The molecule has 0 saturated heterocycles. The molecule has 0 bridgehead atoms. The Bertz CT molecular complexity index is 488. The van der Waals surface area contributed by atoms with E-state index in [0.29, 0.717) is 13.1 Å². The lowest BCUT2D eigenvalue weighted by molar-refractivity contribution is -0.380. The van der Waals surface area contributed by atoms with Crippen molar-refractivity contribution in [2.75, 3.05) is 6.54 Å². The number of hydrogen-bond donors (Lipinski definition) is 2. The Hall–Kier alpha value is -1.47. The molecule has 1 fully saturated rings. The van der Waals surface area contributed by atoms with Gasteiger partial charge in [0.2, 0.25) is 0 Å². The first-order valence-electron chi connectivity index (χ1n) is 6.74. The SMILES string of the molecule is O=C(O)C1CCCCC1CNCc1ccc([N+](=O)[O-])s1. The minimum Gasteiger partial charge on any atom is -0.481 e. The number of aliphatic carboxylic acids is 1. The highest BCUT2D eigenvalue weighted by molar-refractivity contribution is 7.15. The molecule has 1 aliphatic rings. The number of carboxylic acid groups (broad SMARTS) is 1. The van der Waals surface area contributed by atoms with Gasteiger partial charge < -0.3 is 10.4 Å². The molecule has 1 aliphatic carbocycles. The second-order valence-corrected chi connectivity index (χ2v) is 6.26. The first-order chi connectivity index (χ1) is 9.58. The van der Waals surface area contributed by atoms with Crippen molar-refractivity contribution in [1.29, 1.82) is 0 Å². The summed E-state index contributed by atoms with van der Waals surface area (Å²) >= 11 is 1.16. The third-order valence-corrected chi connectivity index (χ3v) is 4.80. The van der Waals surface area contributed by atoms with Crippen molar-refractivity contribution in [2.45, 2.75) is 32.2 Å². The van der Waals surface area contributed by atoms with Crippen LogP contribution in [0.25, 0.3) is 0 Å². The molecule has 1 saturated carbocycles. The predicted molar refractivity (Wildman–Crippen MR) is 75.8 cm³/mol. The molecule has 0 aromatic carbocycles. The standard InChI is InChI=1S/C13H18N2O4S/c16-13(17)11-4-2-1-3-9(11)7-14-8-10-5-6-12(20-10)15(18)19/h5-6,9,11,14H,1-4,7-8H2,(H,16,17). The largest absolute Gasteiger partial charge is 0.481 e. The van der Waals surface area contributed by atoms with Gasteiger partial charge in [0.15, 0.2) is 0 Å². The summed E-state index contributed by atoms with van der Waals surface area (Å²) in [5.74, 6) is -0.798. The quantitative estimate of drug-likeness (QED) is 0.622. The van der Waals surface area contributed by atoms with Gasteiger partial charge in [-0.3, -0.25) is 14.9 Å². The highest BCUT2D eigenvalue weighted by Gasteiger charge is 2.30. The Morgan fingerprint density at radius 3 is 2.85 bits per heavy atom. The molecule has 2 rings (SSSR count). The average Bonchev–Trinajstić information content (AvgIpc) is 2.88. The smallest absolute Gasteiger partial charge is 0.324 e. The van der Waals surface area contributed by atoms with Crippen LogP contribution in [-0.4, -0.2) is 22.5 Å². The predicted octanol–water partition coefficient (Wildman–Crippen LogP) is 2.64. The number of hydrogen-bond acceptors (Lipinski definition) is 5. The van der Waals surface area contributed by atoms with Crippen LogP contribution < -0.4 is 5.32 Å². The van der Waals surface area contributed by atoms with Crippen molar-refractivity contribution in [3.63, 3.8) is 0 Å². The molecule has 6 nitrogen and oxygen atoms in total. The van der Waals surface area contributed by atoms with Gasteiger partial charge in [0.1, 0.15) is 0 Å². The monoisotopic (exact) mass is 298 g/mol. The fourth-order valence-corrected chi connectivity index (χ4v) is 3.51. The van der Waals surface area contributed by atoms with Crippen LogP contribution in [0.1, 0.15) is 30.6 Å². The van der Waals surface area contributed by atoms with E-state index in [0.717, 1.165) is 41.9 Å². The van der Waals surface area contributed by atoms with E-state index in [-0.39, 0.29) is 16.8 Å². The van der Waals surface area contributed by atoms with Crippen LogP contribution in [0.15, 0.2) is 12.1 Å². The van der Waals surface area contributed by atoms with Crippen LogP contribution in [0, 0.1) is 22.0 Å². The normalized spacial score (nSPS) is 22.6. The molecule has 0 amide bonds. The van der Waals surface area contributed by atoms with Crippen molar-refractivity contribution >= 4 is 22.3 Å². The van der Waals surface area contributed by atoms with Crippen molar-refractivity contribution in [3.05, 3.63) is 27.1 Å². The van der Waals surface area contributed by atoms with Crippen LogP contribution in [0.4, 0.5) is 5.00 Å². The van der Waals surface area contributed by atoms with Gasteiger partial charge in [-0.15, -0.1) is 0 Å². The maximum absolute atomic E-state index is 11.2. The van der Waals surface area contributed by atoms with E-state index in [1.165, 1.54) is 6.07 Å². The number of nitrogens with one attached hydrogen (secondary N) is 1. The van der Waals surface area contributed by atoms with E-state index in [9.17, 15) is 20.0 Å². The van der Waals surface area contributed by atoms with E-state index in [1.807, 2.05) is 0 Å². The van der Waals surface area contributed by atoms with Gasteiger partial charge in [-0.25, -0.2) is 0 Å². The second kappa shape index (κ2) is 6.81. The molecule has 1 heterocycles. The number of rotatable bonds is 6. The molecule has 2 N–H and O–H groups in total. The lowest BCUT2D eigenvalue weighted by Gasteiger charge is -2.28. The molecule has 7 heteroatoms. The number of carbonyl (C=O) groups is 1. The topological polar surface area (TPSA) is 92.5 Å². The number of carboxylic acids is 1. The first kappa shape index (κ1) is 14.9. The van der Waals surface area contributed by atoms with Crippen LogP contribution in [0.3, 0.4) is 0 Å². The molecule has 1 aromatic rings.